The van der Waals surface area contributed by atoms with Crippen LogP contribution in [0, 0.1) is 16.2 Å². The molecule has 0 spiro atoms. The largest absolute Gasteiger partial charge is 0.388 e. The number of ether oxygens (including phenoxy) is 1. The summed E-state index contributed by atoms with van der Waals surface area (Å²) in [6.45, 7) is 8.42. The van der Waals surface area contributed by atoms with Crippen LogP contribution in [-0.2, 0) is 4.74 Å². The van der Waals surface area contributed by atoms with E-state index in [4.69, 9.17) is 38.2 Å². The van der Waals surface area contributed by atoms with E-state index < -0.39 is 0 Å². The number of nitrogens with two attached hydrogens (primary N) is 3. The van der Waals surface area contributed by atoms with Gasteiger partial charge in [0.15, 0.2) is 0 Å². The number of morpholine rings is 1. The predicted octanol–water partition coefficient (Wildman–Crippen LogP) is 4.02. The van der Waals surface area contributed by atoms with E-state index in [2.05, 4.69) is 66.0 Å². The molecule has 1 fully saturated rings. The fourth-order valence-corrected chi connectivity index (χ4v) is 3.19. The van der Waals surface area contributed by atoms with Crippen molar-refractivity contribution in [3.05, 3.63) is 60.7 Å². The maximum Gasteiger partial charge on any atom is 0.0873 e. The molecule has 182 valence electrons. The minimum absolute atomic E-state index is 0.167. The Kier molecular flexibility index (Phi) is 12.6. The number of amidine groups is 3. The summed E-state index contributed by atoms with van der Waals surface area (Å²) in [5.41, 5.74) is 14.1. The Morgan fingerprint density at radius 2 is 0.882 bits per heavy atom. The van der Waals surface area contributed by atoms with Crippen molar-refractivity contribution in [2.24, 2.45) is 17.2 Å². The Balaban J connectivity index is 0.000000267. The van der Waals surface area contributed by atoms with Gasteiger partial charge in [0, 0.05) is 13.1 Å². The quantitative estimate of drug-likeness (QED) is 0.118. The van der Waals surface area contributed by atoms with Crippen LogP contribution in [0.4, 0.5) is 0 Å². The second kappa shape index (κ2) is 15.2. The highest BCUT2D eigenvalue weighted by Gasteiger charge is 2.05. The average Bonchev–Trinajstić information content (AvgIpc) is 2.78. The van der Waals surface area contributed by atoms with Crippen LogP contribution >= 0.6 is 0 Å². The standard InChI is InChI=1S/C16H10.C4H9NO.3C2H6N2/c1-3-11-7-9-13-5-2-6-14-10-8-12(4-1)15(11)16(13)14;1-3-6-4-2-5-1;3*1-2(3)4/h1-10H;5H,1-4H2;3*1H3,(H3,3,4). The van der Waals surface area contributed by atoms with Gasteiger partial charge in [-0.3, -0.25) is 16.2 Å². The van der Waals surface area contributed by atoms with E-state index in [1.54, 1.807) is 0 Å². The van der Waals surface area contributed by atoms with Crippen molar-refractivity contribution >= 4 is 49.8 Å². The van der Waals surface area contributed by atoms with E-state index >= 15 is 0 Å². The smallest absolute Gasteiger partial charge is 0.0873 e. The van der Waals surface area contributed by atoms with Crippen LogP contribution in [0.3, 0.4) is 0 Å². The van der Waals surface area contributed by atoms with Crippen LogP contribution in [-0.4, -0.2) is 43.8 Å². The van der Waals surface area contributed by atoms with E-state index in [0.717, 1.165) is 26.3 Å². The average molecular weight is 464 g/mol. The Labute approximate surface area is 201 Å². The molecule has 34 heavy (non-hydrogen) atoms. The summed E-state index contributed by atoms with van der Waals surface area (Å²) in [7, 11) is 0. The maximum atomic E-state index is 6.28. The van der Waals surface area contributed by atoms with Crippen LogP contribution in [0.1, 0.15) is 20.8 Å². The Bertz CT molecular complexity index is 1000. The normalized spacial score (nSPS) is 12.0. The maximum absolute atomic E-state index is 6.28. The first-order valence-corrected chi connectivity index (χ1v) is 11.0. The van der Waals surface area contributed by atoms with Gasteiger partial charge in [0.25, 0.3) is 0 Å². The summed E-state index contributed by atoms with van der Waals surface area (Å²) in [5, 5.41) is 30.1. The number of benzene rings is 4. The first-order chi connectivity index (χ1) is 16.1. The molecule has 0 radical (unpaired) electrons. The van der Waals surface area contributed by atoms with Crippen LogP contribution in [0.2, 0.25) is 0 Å². The summed E-state index contributed by atoms with van der Waals surface area (Å²) in [6.07, 6.45) is 0. The van der Waals surface area contributed by atoms with Gasteiger partial charge in [0.05, 0.1) is 30.7 Å². The van der Waals surface area contributed by atoms with E-state index in [0.29, 0.717) is 0 Å². The first-order valence-electron chi connectivity index (χ1n) is 11.0. The summed E-state index contributed by atoms with van der Waals surface area (Å²) < 4.78 is 5.01. The fourth-order valence-electron chi connectivity index (χ4n) is 3.19. The summed E-state index contributed by atoms with van der Waals surface area (Å²) >= 11 is 0. The third-order valence-corrected chi connectivity index (χ3v) is 4.24. The van der Waals surface area contributed by atoms with Crippen molar-refractivity contribution in [3.63, 3.8) is 0 Å². The lowest BCUT2D eigenvalue weighted by molar-refractivity contribution is 0.109. The lowest BCUT2D eigenvalue weighted by atomic mass is 9.95. The zero-order valence-electron chi connectivity index (χ0n) is 20.2. The molecule has 4 aromatic carbocycles. The summed E-state index contributed by atoms with van der Waals surface area (Å²) in [4.78, 5) is 0. The van der Waals surface area contributed by atoms with Crippen molar-refractivity contribution in [1.29, 1.82) is 16.2 Å². The second-order valence-electron chi connectivity index (χ2n) is 7.70. The molecule has 0 bridgehead atoms. The molecule has 1 heterocycles. The number of nitrogens with one attached hydrogen (secondary N) is 4. The van der Waals surface area contributed by atoms with Crippen LogP contribution < -0.4 is 22.5 Å². The number of hydrogen-bond donors (Lipinski definition) is 7. The third kappa shape index (κ3) is 10.7. The molecule has 8 heteroatoms. The predicted molar refractivity (Wildman–Crippen MR) is 147 cm³/mol. The van der Waals surface area contributed by atoms with Gasteiger partial charge in [-0.05, 0) is 53.1 Å². The molecule has 1 aliphatic heterocycles. The van der Waals surface area contributed by atoms with E-state index in [-0.39, 0.29) is 17.5 Å². The molecule has 0 saturated carbocycles. The van der Waals surface area contributed by atoms with Crippen molar-refractivity contribution in [2.45, 2.75) is 20.8 Å². The molecular formula is C26H37N7O. The molecule has 1 aliphatic rings. The molecule has 8 nitrogen and oxygen atoms in total. The Morgan fingerprint density at radius 1 is 0.618 bits per heavy atom. The molecule has 0 unspecified atom stereocenters. The SMILES string of the molecule is C1COCCN1.CC(=N)N.CC(=N)N.CC(=N)N.c1cc2ccc3cccc4ccc(c1)c2c34. The van der Waals surface area contributed by atoms with Crippen molar-refractivity contribution in [2.75, 3.05) is 26.3 Å². The molecule has 4 aromatic rings. The molecule has 0 atom stereocenters. The summed E-state index contributed by atoms with van der Waals surface area (Å²) in [5.74, 6) is 0.500. The van der Waals surface area contributed by atoms with Gasteiger partial charge in [-0.1, -0.05) is 60.7 Å². The van der Waals surface area contributed by atoms with Crippen molar-refractivity contribution < 1.29 is 4.74 Å². The van der Waals surface area contributed by atoms with Crippen molar-refractivity contribution in [1.82, 2.24) is 5.32 Å². The van der Waals surface area contributed by atoms with Crippen LogP contribution in [0.15, 0.2) is 60.7 Å². The van der Waals surface area contributed by atoms with E-state index in [1.807, 2.05) is 0 Å². The zero-order chi connectivity index (χ0) is 25.5. The Hall–Kier alpha value is -3.75. The topological polar surface area (TPSA) is 171 Å². The van der Waals surface area contributed by atoms with Gasteiger partial charge >= 0.3 is 0 Å². The zero-order valence-corrected chi connectivity index (χ0v) is 20.2. The minimum Gasteiger partial charge on any atom is -0.388 e. The monoisotopic (exact) mass is 463 g/mol. The highest BCUT2D eigenvalue weighted by molar-refractivity contribution is 6.22. The number of rotatable bonds is 0. The lowest BCUT2D eigenvalue weighted by Crippen LogP contribution is -2.30. The fraction of sp³-hybridized carbons (Fsp3) is 0.269. The molecule has 10 N–H and O–H groups in total. The van der Waals surface area contributed by atoms with E-state index in [9.17, 15) is 0 Å². The van der Waals surface area contributed by atoms with Gasteiger partial charge in [-0.25, -0.2) is 0 Å². The van der Waals surface area contributed by atoms with Crippen LogP contribution in [0.25, 0.3) is 32.3 Å². The van der Waals surface area contributed by atoms with Gasteiger partial charge in [-0.2, -0.15) is 0 Å². The van der Waals surface area contributed by atoms with Gasteiger partial charge < -0.3 is 27.3 Å². The molecule has 1 saturated heterocycles. The first kappa shape index (κ1) is 28.3. The number of hydrogen-bond acceptors (Lipinski definition) is 5. The lowest BCUT2D eigenvalue weighted by Gasteiger charge is -2.10. The molecule has 0 aromatic heterocycles. The highest BCUT2D eigenvalue weighted by Crippen LogP contribution is 2.33. The summed E-state index contributed by atoms with van der Waals surface area (Å²) in [6, 6.07) is 21.9. The Morgan fingerprint density at radius 3 is 1.06 bits per heavy atom. The van der Waals surface area contributed by atoms with Crippen LogP contribution in [0.5, 0.6) is 0 Å². The second-order valence-corrected chi connectivity index (χ2v) is 7.70. The third-order valence-electron chi connectivity index (χ3n) is 4.24. The highest BCUT2D eigenvalue weighted by atomic mass is 16.5. The molecule has 0 aliphatic carbocycles. The minimum atomic E-state index is 0.167. The van der Waals surface area contributed by atoms with Crippen molar-refractivity contribution in [3.8, 4) is 0 Å². The molecule has 0 amide bonds. The molecule has 5 rings (SSSR count). The van der Waals surface area contributed by atoms with E-state index in [1.165, 1.54) is 53.1 Å². The van der Waals surface area contributed by atoms with Gasteiger partial charge in [0.2, 0.25) is 0 Å². The molecular weight excluding hydrogens is 426 g/mol. The van der Waals surface area contributed by atoms with Gasteiger partial charge in [-0.15, -0.1) is 0 Å². The van der Waals surface area contributed by atoms with Gasteiger partial charge in [0.1, 0.15) is 0 Å².